The Kier molecular flexibility index (Phi) is 6.74. The average Bonchev–Trinajstić information content (AvgIpc) is 2.55. The second kappa shape index (κ2) is 8.79. The van der Waals surface area contributed by atoms with Gasteiger partial charge >= 0.3 is 0 Å². The van der Waals surface area contributed by atoms with Gasteiger partial charge in [0, 0.05) is 5.56 Å². The van der Waals surface area contributed by atoms with E-state index in [2.05, 4.69) is 33.8 Å². The van der Waals surface area contributed by atoms with Crippen LogP contribution in [0.5, 0.6) is 0 Å². The van der Waals surface area contributed by atoms with Crippen LogP contribution in [-0.2, 0) is 11.2 Å². The van der Waals surface area contributed by atoms with E-state index in [1.54, 1.807) is 0 Å². The third kappa shape index (κ3) is 5.04. The van der Waals surface area contributed by atoms with Gasteiger partial charge in [0.15, 0.2) is 5.78 Å². The molecule has 0 aliphatic heterocycles. The summed E-state index contributed by atoms with van der Waals surface area (Å²) in [5, 5.41) is 0. The molecule has 0 spiro atoms. The number of hydrogen-bond donors (Lipinski definition) is 0. The van der Waals surface area contributed by atoms with E-state index < -0.39 is 6.10 Å². The zero-order chi connectivity index (χ0) is 17.5. The molecule has 0 saturated heterocycles. The quantitative estimate of drug-likeness (QED) is 0.601. The molecule has 2 aromatic carbocycles. The number of ether oxygens (including phenoxy) is 1. The highest BCUT2D eigenvalue weighted by molar-refractivity contribution is 6.01. The zero-order valence-electron chi connectivity index (χ0n) is 15.2. The maximum atomic E-state index is 13.2. The van der Waals surface area contributed by atoms with Crippen LogP contribution in [0, 0.1) is 11.8 Å². The van der Waals surface area contributed by atoms with Gasteiger partial charge in [0.2, 0.25) is 0 Å². The Morgan fingerprint density at radius 3 is 2.12 bits per heavy atom. The molecule has 0 aromatic heterocycles. The van der Waals surface area contributed by atoms with Crippen LogP contribution in [0.2, 0.25) is 0 Å². The van der Waals surface area contributed by atoms with Gasteiger partial charge in [-0.2, -0.15) is 0 Å². The number of benzene rings is 2. The summed E-state index contributed by atoms with van der Waals surface area (Å²) in [6, 6.07) is 17.7. The van der Waals surface area contributed by atoms with Crippen LogP contribution in [0.3, 0.4) is 0 Å². The van der Waals surface area contributed by atoms with Crippen molar-refractivity contribution in [2.45, 2.75) is 40.2 Å². The first kappa shape index (κ1) is 18.4. The molecule has 0 heterocycles. The third-order valence-corrected chi connectivity index (χ3v) is 3.85. The first-order chi connectivity index (χ1) is 11.5. The van der Waals surface area contributed by atoms with Crippen molar-refractivity contribution in [1.29, 1.82) is 0 Å². The van der Waals surface area contributed by atoms with Crippen LogP contribution in [-0.4, -0.2) is 12.4 Å². The molecule has 1 atom stereocenters. The third-order valence-electron chi connectivity index (χ3n) is 3.85. The molecule has 2 aromatic rings. The monoisotopic (exact) mass is 324 g/mol. The van der Waals surface area contributed by atoms with Crippen LogP contribution in [0.15, 0.2) is 54.6 Å². The highest BCUT2D eigenvalue weighted by atomic mass is 16.5. The van der Waals surface area contributed by atoms with Crippen LogP contribution >= 0.6 is 0 Å². The number of Topliss-reactive ketones (excluding diaryl/α,β-unsaturated/α-hetero) is 1. The van der Waals surface area contributed by atoms with E-state index in [9.17, 15) is 4.79 Å². The lowest BCUT2D eigenvalue weighted by Gasteiger charge is -2.20. The average molecular weight is 324 g/mol. The largest absolute Gasteiger partial charge is 0.365 e. The SMILES string of the molecule is CC(C)COC(C(=O)c1ccccc1CC(C)C)c1ccccc1. The smallest absolute Gasteiger partial charge is 0.196 e. The molecule has 0 amide bonds. The molecule has 2 rings (SSSR count). The van der Waals surface area contributed by atoms with Crippen molar-refractivity contribution in [3.05, 3.63) is 71.3 Å². The Morgan fingerprint density at radius 2 is 1.50 bits per heavy atom. The predicted molar refractivity (Wildman–Crippen MR) is 99.3 cm³/mol. The molecular formula is C22H28O2. The fraction of sp³-hybridized carbons (Fsp3) is 0.409. The van der Waals surface area contributed by atoms with Crippen LogP contribution < -0.4 is 0 Å². The minimum absolute atomic E-state index is 0.0538. The molecule has 0 saturated carbocycles. The summed E-state index contributed by atoms with van der Waals surface area (Å²) in [5.74, 6) is 0.943. The number of carbonyl (C=O) groups excluding carboxylic acids is 1. The molecule has 0 fully saturated rings. The lowest BCUT2D eigenvalue weighted by molar-refractivity contribution is 0.0307. The summed E-state index contributed by atoms with van der Waals surface area (Å²) in [4.78, 5) is 13.2. The number of carbonyl (C=O) groups is 1. The van der Waals surface area contributed by atoms with Gasteiger partial charge in [-0.25, -0.2) is 0 Å². The predicted octanol–water partition coefficient (Wildman–Crippen LogP) is 5.48. The van der Waals surface area contributed by atoms with Crippen molar-refractivity contribution in [1.82, 2.24) is 0 Å². The van der Waals surface area contributed by atoms with Crippen molar-refractivity contribution in [3.63, 3.8) is 0 Å². The van der Waals surface area contributed by atoms with Crippen molar-refractivity contribution in [2.75, 3.05) is 6.61 Å². The Balaban J connectivity index is 2.34. The van der Waals surface area contributed by atoms with Gasteiger partial charge in [0.1, 0.15) is 6.10 Å². The standard InChI is InChI=1S/C22H28O2/c1-16(2)14-19-12-8-9-13-20(19)21(23)22(24-15-17(3)4)18-10-6-5-7-11-18/h5-13,16-17,22H,14-15H2,1-4H3. The second-order valence-corrected chi connectivity index (χ2v) is 7.14. The van der Waals surface area contributed by atoms with E-state index in [0.717, 1.165) is 23.1 Å². The van der Waals surface area contributed by atoms with E-state index in [1.807, 2.05) is 48.5 Å². The highest BCUT2D eigenvalue weighted by Gasteiger charge is 2.25. The Morgan fingerprint density at radius 1 is 0.875 bits per heavy atom. The van der Waals surface area contributed by atoms with Gasteiger partial charge in [0.25, 0.3) is 0 Å². The van der Waals surface area contributed by atoms with Crippen molar-refractivity contribution in [3.8, 4) is 0 Å². The molecule has 0 radical (unpaired) electrons. The minimum Gasteiger partial charge on any atom is -0.365 e. The molecule has 0 aliphatic rings. The molecule has 2 heteroatoms. The summed E-state index contributed by atoms with van der Waals surface area (Å²) in [7, 11) is 0. The summed E-state index contributed by atoms with van der Waals surface area (Å²) >= 11 is 0. The summed E-state index contributed by atoms with van der Waals surface area (Å²) < 4.78 is 6.02. The normalized spacial score (nSPS) is 12.6. The second-order valence-electron chi connectivity index (χ2n) is 7.14. The number of hydrogen-bond acceptors (Lipinski definition) is 2. The summed E-state index contributed by atoms with van der Waals surface area (Å²) in [5.41, 5.74) is 2.80. The van der Waals surface area contributed by atoms with Gasteiger partial charge < -0.3 is 4.74 Å². The lowest BCUT2D eigenvalue weighted by atomic mass is 9.92. The minimum atomic E-state index is -0.540. The lowest BCUT2D eigenvalue weighted by Crippen LogP contribution is -2.20. The van der Waals surface area contributed by atoms with E-state index in [1.165, 1.54) is 0 Å². The molecular weight excluding hydrogens is 296 g/mol. The number of ketones is 1. The van der Waals surface area contributed by atoms with Gasteiger partial charge in [-0.15, -0.1) is 0 Å². The maximum absolute atomic E-state index is 13.2. The van der Waals surface area contributed by atoms with Crippen molar-refractivity contribution in [2.24, 2.45) is 11.8 Å². The van der Waals surface area contributed by atoms with Crippen LogP contribution in [0.4, 0.5) is 0 Å². The fourth-order valence-corrected chi connectivity index (χ4v) is 2.76. The highest BCUT2D eigenvalue weighted by Crippen LogP contribution is 2.26. The van der Waals surface area contributed by atoms with E-state index in [0.29, 0.717) is 18.4 Å². The van der Waals surface area contributed by atoms with E-state index >= 15 is 0 Å². The first-order valence-electron chi connectivity index (χ1n) is 8.77. The molecule has 24 heavy (non-hydrogen) atoms. The molecule has 0 N–H and O–H groups in total. The Bertz CT molecular complexity index is 644. The zero-order valence-corrected chi connectivity index (χ0v) is 15.2. The molecule has 1 unspecified atom stereocenters. The molecule has 0 aliphatic carbocycles. The first-order valence-corrected chi connectivity index (χ1v) is 8.77. The van der Waals surface area contributed by atoms with Gasteiger partial charge in [0.05, 0.1) is 6.61 Å². The molecule has 128 valence electrons. The number of rotatable bonds is 8. The summed E-state index contributed by atoms with van der Waals surface area (Å²) in [6.45, 7) is 9.10. The Hall–Kier alpha value is -1.93. The van der Waals surface area contributed by atoms with Gasteiger partial charge in [-0.1, -0.05) is 82.3 Å². The maximum Gasteiger partial charge on any atom is 0.196 e. The van der Waals surface area contributed by atoms with E-state index in [-0.39, 0.29) is 5.78 Å². The topological polar surface area (TPSA) is 26.3 Å². The Labute approximate surface area is 145 Å². The molecule has 2 nitrogen and oxygen atoms in total. The fourth-order valence-electron chi connectivity index (χ4n) is 2.76. The molecule has 0 bridgehead atoms. The van der Waals surface area contributed by atoms with E-state index in [4.69, 9.17) is 4.74 Å². The van der Waals surface area contributed by atoms with Crippen molar-refractivity contribution < 1.29 is 9.53 Å². The van der Waals surface area contributed by atoms with Gasteiger partial charge in [-0.05, 0) is 29.4 Å². The van der Waals surface area contributed by atoms with Crippen molar-refractivity contribution >= 4 is 5.78 Å². The van der Waals surface area contributed by atoms with Crippen LogP contribution in [0.25, 0.3) is 0 Å². The van der Waals surface area contributed by atoms with Crippen LogP contribution in [0.1, 0.15) is 55.3 Å². The van der Waals surface area contributed by atoms with Gasteiger partial charge in [-0.3, -0.25) is 4.79 Å². The summed E-state index contributed by atoms with van der Waals surface area (Å²) in [6.07, 6.45) is 0.357.